The van der Waals surface area contributed by atoms with E-state index in [4.69, 9.17) is 0 Å². The van der Waals surface area contributed by atoms with E-state index in [2.05, 4.69) is 218 Å². The Morgan fingerprint density at radius 2 is 0.982 bits per heavy atom. The van der Waals surface area contributed by atoms with Gasteiger partial charge >= 0.3 is 0 Å². The first-order valence-corrected chi connectivity index (χ1v) is 20.1. The molecule has 0 saturated heterocycles. The van der Waals surface area contributed by atoms with Crippen molar-refractivity contribution in [1.82, 2.24) is 0 Å². The van der Waals surface area contributed by atoms with Crippen LogP contribution in [-0.2, 0) is 5.41 Å². The predicted octanol–water partition coefficient (Wildman–Crippen LogP) is 15.3. The number of hydrogen-bond donors (Lipinski definition) is 0. The van der Waals surface area contributed by atoms with E-state index in [0.717, 1.165) is 17.1 Å². The molecule has 9 aromatic carbocycles. The van der Waals surface area contributed by atoms with E-state index in [1.165, 1.54) is 81.0 Å². The Morgan fingerprint density at radius 3 is 1.80 bits per heavy atom. The summed E-state index contributed by atoms with van der Waals surface area (Å²) in [5.41, 5.74) is 14.4. The molecule has 11 rings (SSSR count). The summed E-state index contributed by atoms with van der Waals surface area (Å²) >= 11 is 1.87. The van der Waals surface area contributed by atoms with Gasteiger partial charge in [-0.05, 0) is 122 Å². The number of benzene rings is 9. The maximum absolute atomic E-state index is 2.45. The van der Waals surface area contributed by atoms with E-state index in [1.807, 2.05) is 11.3 Å². The van der Waals surface area contributed by atoms with Crippen molar-refractivity contribution in [2.45, 2.75) is 12.3 Å². The Kier molecular flexibility index (Phi) is 7.55. The minimum Gasteiger partial charge on any atom is -0.310 e. The van der Waals surface area contributed by atoms with Gasteiger partial charge in [-0.1, -0.05) is 152 Å². The van der Waals surface area contributed by atoms with E-state index in [-0.39, 0.29) is 5.41 Å². The molecule has 1 aliphatic rings. The van der Waals surface area contributed by atoms with Crippen molar-refractivity contribution < 1.29 is 0 Å². The van der Waals surface area contributed by atoms with Crippen molar-refractivity contribution in [3.8, 4) is 33.4 Å². The maximum atomic E-state index is 2.45. The highest BCUT2D eigenvalue weighted by molar-refractivity contribution is 7.25. The topological polar surface area (TPSA) is 3.24 Å². The van der Waals surface area contributed by atoms with Crippen molar-refractivity contribution in [2.75, 3.05) is 4.90 Å². The molecule has 0 bridgehead atoms. The molecule has 1 aromatic heterocycles. The molecule has 1 unspecified atom stereocenters. The van der Waals surface area contributed by atoms with Gasteiger partial charge in [-0.3, -0.25) is 0 Å². The number of thiophene rings is 1. The zero-order valence-corrected chi connectivity index (χ0v) is 31.8. The zero-order valence-electron chi connectivity index (χ0n) is 31.0. The smallest absolute Gasteiger partial charge is 0.0467 e. The van der Waals surface area contributed by atoms with Crippen LogP contribution in [0.1, 0.15) is 23.6 Å². The van der Waals surface area contributed by atoms with Crippen LogP contribution in [0.3, 0.4) is 0 Å². The van der Waals surface area contributed by atoms with Gasteiger partial charge in [-0.15, -0.1) is 11.3 Å². The highest BCUT2D eigenvalue weighted by atomic mass is 32.1. The number of rotatable bonds is 6. The van der Waals surface area contributed by atoms with Gasteiger partial charge in [0, 0.05) is 42.6 Å². The molecule has 10 aromatic rings. The van der Waals surface area contributed by atoms with E-state index >= 15 is 0 Å². The van der Waals surface area contributed by atoms with E-state index in [0.29, 0.717) is 0 Å². The second-order valence-corrected chi connectivity index (χ2v) is 16.2. The maximum Gasteiger partial charge on any atom is 0.0467 e. The van der Waals surface area contributed by atoms with Crippen LogP contribution in [0.15, 0.2) is 206 Å². The largest absolute Gasteiger partial charge is 0.310 e. The molecule has 0 spiro atoms. The van der Waals surface area contributed by atoms with Crippen LogP contribution in [0.2, 0.25) is 0 Å². The minimum atomic E-state index is -0.302. The van der Waals surface area contributed by atoms with E-state index in [9.17, 15) is 0 Å². The van der Waals surface area contributed by atoms with Gasteiger partial charge in [-0.25, -0.2) is 0 Å². The lowest BCUT2D eigenvalue weighted by Gasteiger charge is -2.31. The van der Waals surface area contributed by atoms with Crippen LogP contribution < -0.4 is 4.90 Å². The molecule has 0 aliphatic heterocycles. The van der Waals surface area contributed by atoms with Crippen molar-refractivity contribution in [3.63, 3.8) is 0 Å². The van der Waals surface area contributed by atoms with E-state index in [1.54, 1.807) is 0 Å². The average molecular weight is 732 g/mol. The van der Waals surface area contributed by atoms with Gasteiger partial charge in [0.1, 0.15) is 0 Å². The predicted molar refractivity (Wildman–Crippen MR) is 240 cm³/mol. The number of hydrogen-bond acceptors (Lipinski definition) is 2. The lowest BCUT2D eigenvalue weighted by atomic mass is 9.74. The van der Waals surface area contributed by atoms with Gasteiger partial charge in [0.2, 0.25) is 0 Å². The third kappa shape index (κ3) is 5.21. The van der Waals surface area contributed by atoms with Crippen LogP contribution >= 0.6 is 11.3 Å². The molecule has 1 nitrogen and oxygen atoms in total. The Balaban J connectivity index is 1.09. The Hall–Kier alpha value is -6.74. The fraction of sp³-hybridized carbons (Fsp3) is 0.0370. The molecule has 2 heteroatoms. The molecular weight excluding hydrogens is 695 g/mol. The van der Waals surface area contributed by atoms with Crippen LogP contribution in [-0.4, -0.2) is 0 Å². The first-order chi connectivity index (χ1) is 27.6. The summed E-state index contributed by atoms with van der Waals surface area (Å²) in [7, 11) is 0. The highest BCUT2D eigenvalue weighted by Crippen LogP contribution is 2.54. The average Bonchev–Trinajstić information content (AvgIpc) is 3.76. The lowest BCUT2D eigenvalue weighted by molar-refractivity contribution is 0.714. The highest BCUT2D eigenvalue weighted by Gasteiger charge is 2.41. The van der Waals surface area contributed by atoms with E-state index < -0.39 is 0 Å². The van der Waals surface area contributed by atoms with Gasteiger partial charge in [-0.2, -0.15) is 0 Å². The monoisotopic (exact) mass is 731 g/mol. The molecular formula is C54H37NS. The summed E-state index contributed by atoms with van der Waals surface area (Å²) < 4.78 is 2.64. The lowest BCUT2D eigenvalue weighted by Crippen LogP contribution is -2.22. The molecule has 0 saturated carbocycles. The quantitative estimate of drug-likeness (QED) is 0.165. The molecule has 0 fully saturated rings. The van der Waals surface area contributed by atoms with Crippen LogP contribution in [0.5, 0.6) is 0 Å². The van der Waals surface area contributed by atoms with Gasteiger partial charge in [0.15, 0.2) is 0 Å². The van der Waals surface area contributed by atoms with Gasteiger partial charge in [0.25, 0.3) is 0 Å². The van der Waals surface area contributed by atoms with Crippen molar-refractivity contribution in [1.29, 1.82) is 0 Å². The fourth-order valence-corrected chi connectivity index (χ4v) is 10.2. The van der Waals surface area contributed by atoms with Crippen LogP contribution in [0.25, 0.3) is 64.3 Å². The standard InChI is InChI=1S/C54H37NS/c1-54(42-17-3-2-4-18-42)50-23-9-7-21-46(50)47-30-28-45(35-51(47)54)55(43-19-11-15-38(32-43)40-26-25-36-13-5-6-14-37(36)31-40)44-20-12-16-39(33-44)41-27-29-49-48-22-8-10-24-52(48)56-53(49)34-41/h2-35H,1H3. The second kappa shape index (κ2) is 12.9. The molecule has 0 radical (unpaired) electrons. The Bertz CT molecular complexity index is 3120. The van der Waals surface area contributed by atoms with Crippen LogP contribution in [0, 0.1) is 0 Å². The molecule has 0 N–H and O–H groups in total. The summed E-state index contributed by atoms with van der Waals surface area (Å²) in [5, 5.41) is 5.14. The number of anilines is 3. The fourth-order valence-electron chi connectivity index (χ4n) is 9.07. The third-order valence-electron chi connectivity index (χ3n) is 11.9. The van der Waals surface area contributed by atoms with Gasteiger partial charge < -0.3 is 4.90 Å². The molecule has 1 aliphatic carbocycles. The third-order valence-corrected chi connectivity index (χ3v) is 13.0. The Labute approximate surface area is 331 Å². The zero-order chi connectivity index (χ0) is 37.2. The first-order valence-electron chi connectivity index (χ1n) is 19.3. The van der Waals surface area contributed by atoms with Crippen molar-refractivity contribution in [2.24, 2.45) is 0 Å². The van der Waals surface area contributed by atoms with Crippen LogP contribution in [0.4, 0.5) is 17.1 Å². The first kappa shape index (κ1) is 32.7. The molecule has 264 valence electrons. The number of nitrogens with zero attached hydrogens (tertiary/aromatic N) is 1. The SMILES string of the molecule is CC1(c2ccccc2)c2ccccc2-c2ccc(N(c3cccc(-c4ccc5ccccc5c4)c3)c3cccc(-c4ccc5c(c4)sc4ccccc45)c3)cc21. The van der Waals surface area contributed by atoms with Crippen molar-refractivity contribution >= 4 is 59.3 Å². The molecule has 56 heavy (non-hydrogen) atoms. The number of fused-ring (bicyclic) bond motifs is 7. The van der Waals surface area contributed by atoms with Gasteiger partial charge in [0.05, 0.1) is 0 Å². The summed E-state index contributed by atoms with van der Waals surface area (Å²) in [6.07, 6.45) is 0. The molecule has 0 amide bonds. The molecule has 1 heterocycles. The Morgan fingerprint density at radius 1 is 0.375 bits per heavy atom. The summed E-state index contributed by atoms with van der Waals surface area (Å²) in [5.74, 6) is 0. The summed E-state index contributed by atoms with van der Waals surface area (Å²) in [6, 6.07) is 76.2. The minimum absolute atomic E-state index is 0.302. The molecule has 1 atom stereocenters. The van der Waals surface area contributed by atoms with Crippen molar-refractivity contribution in [3.05, 3.63) is 223 Å². The normalized spacial score (nSPS) is 14.6. The second-order valence-electron chi connectivity index (χ2n) is 15.1. The summed E-state index contributed by atoms with van der Waals surface area (Å²) in [6.45, 7) is 2.40. The summed E-state index contributed by atoms with van der Waals surface area (Å²) in [4.78, 5) is 2.45.